The number of allylic oxidation sites excluding steroid dienone is 1. The van der Waals surface area contributed by atoms with Crippen LogP contribution in [0.2, 0.25) is 0 Å². The van der Waals surface area contributed by atoms with Crippen molar-refractivity contribution >= 4 is 11.3 Å². The molecule has 1 aliphatic heterocycles. The number of hydrogen-bond acceptors (Lipinski definition) is 5. The molecule has 29 heavy (non-hydrogen) atoms. The Morgan fingerprint density at radius 1 is 1.28 bits per heavy atom. The van der Waals surface area contributed by atoms with Gasteiger partial charge < -0.3 is 25.8 Å². The molecule has 1 aromatic carbocycles. The standard InChI is InChI=1S/C23H30FN3O2/c1-6-9-29-23-7-8-26-22-11-21(24)15(2)10-18(22)19(12-25)16(3)13-27-17(4)20(23)14-28-5/h6-8,10-11,26-27H,1,4,9,12-14,25H2,2-3,5H3/b8-7+,19-16+,23-20+. The molecule has 0 unspecified atom stereocenters. The Morgan fingerprint density at radius 3 is 2.69 bits per heavy atom. The van der Waals surface area contributed by atoms with Crippen LogP contribution in [0.25, 0.3) is 5.57 Å². The fraction of sp³-hybridized carbons (Fsp3) is 0.304. The van der Waals surface area contributed by atoms with Crippen molar-refractivity contribution in [3.05, 3.63) is 83.2 Å². The number of ether oxygens (including phenoxy) is 2. The maximum atomic E-state index is 14.3. The number of anilines is 1. The third kappa shape index (κ3) is 5.59. The molecule has 4 N–H and O–H groups in total. The zero-order chi connectivity index (χ0) is 21.4. The molecule has 1 aliphatic rings. The highest BCUT2D eigenvalue weighted by molar-refractivity contribution is 5.80. The predicted octanol–water partition coefficient (Wildman–Crippen LogP) is 4.01. The van der Waals surface area contributed by atoms with E-state index in [-0.39, 0.29) is 5.82 Å². The van der Waals surface area contributed by atoms with Crippen LogP contribution >= 0.6 is 0 Å². The summed E-state index contributed by atoms with van der Waals surface area (Å²) in [5, 5.41) is 6.51. The smallest absolute Gasteiger partial charge is 0.128 e. The quantitative estimate of drug-likeness (QED) is 0.631. The van der Waals surface area contributed by atoms with Crippen molar-refractivity contribution in [2.24, 2.45) is 5.73 Å². The van der Waals surface area contributed by atoms with Crippen molar-refractivity contribution < 1.29 is 13.9 Å². The summed E-state index contributed by atoms with van der Waals surface area (Å²) in [5.74, 6) is 0.308. The Kier molecular flexibility index (Phi) is 8.24. The number of methoxy groups -OCH3 is 1. The average molecular weight is 400 g/mol. The van der Waals surface area contributed by atoms with Gasteiger partial charge in [-0.15, -0.1) is 0 Å². The Balaban J connectivity index is 2.61. The van der Waals surface area contributed by atoms with Gasteiger partial charge in [0.15, 0.2) is 0 Å². The third-order valence-electron chi connectivity index (χ3n) is 4.69. The fourth-order valence-electron chi connectivity index (χ4n) is 3.06. The normalized spacial score (nSPS) is 21.2. The highest BCUT2D eigenvalue weighted by Crippen LogP contribution is 2.29. The van der Waals surface area contributed by atoms with E-state index in [1.54, 1.807) is 32.4 Å². The largest absolute Gasteiger partial charge is 0.489 e. The number of aryl methyl sites for hydroxylation is 1. The first-order valence-corrected chi connectivity index (χ1v) is 9.44. The van der Waals surface area contributed by atoms with Crippen LogP contribution < -0.4 is 16.4 Å². The van der Waals surface area contributed by atoms with E-state index in [1.165, 1.54) is 6.07 Å². The van der Waals surface area contributed by atoms with Crippen molar-refractivity contribution in [3.63, 3.8) is 0 Å². The molecule has 0 radical (unpaired) electrons. The molecule has 0 fully saturated rings. The highest BCUT2D eigenvalue weighted by atomic mass is 19.1. The van der Waals surface area contributed by atoms with E-state index in [4.69, 9.17) is 15.2 Å². The molecule has 0 aliphatic carbocycles. The molecule has 0 saturated carbocycles. The predicted molar refractivity (Wildman–Crippen MR) is 118 cm³/mol. The summed E-state index contributed by atoms with van der Waals surface area (Å²) in [7, 11) is 1.61. The molecule has 0 aromatic heterocycles. The van der Waals surface area contributed by atoms with Crippen molar-refractivity contribution in [1.82, 2.24) is 5.32 Å². The lowest BCUT2D eigenvalue weighted by molar-refractivity contribution is 0.210. The van der Waals surface area contributed by atoms with Gasteiger partial charge in [0.05, 0.1) is 6.61 Å². The number of benzene rings is 1. The number of fused-ring (bicyclic) bond motifs is 1. The van der Waals surface area contributed by atoms with Gasteiger partial charge in [-0.3, -0.25) is 0 Å². The number of halogens is 1. The summed E-state index contributed by atoms with van der Waals surface area (Å²) in [6.07, 6.45) is 5.14. The van der Waals surface area contributed by atoms with Crippen molar-refractivity contribution in [2.75, 3.05) is 38.7 Å². The zero-order valence-electron chi connectivity index (χ0n) is 17.4. The summed E-state index contributed by atoms with van der Waals surface area (Å²) in [4.78, 5) is 0. The van der Waals surface area contributed by atoms with Crippen molar-refractivity contribution in [1.29, 1.82) is 0 Å². The van der Waals surface area contributed by atoms with Crippen LogP contribution in [0.3, 0.4) is 0 Å². The number of nitrogens with two attached hydrogens (primary N) is 1. The van der Waals surface area contributed by atoms with Crippen LogP contribution in [0, 0.1) is 12.7 Å². The molecule has 0 saturated heterocycles. The van der Waals surface area contributed by atoms with E-state index in [9.17, 15) is 4.39 Å². The average Bonchev–Trinajstić information content (AvgIpc) is 2.70. The van der Waals surface area contributed by atoms with Gasteiger partial charge in [0.2, 0.25) is 0 Å². The van der Waals surface area contributed by atoms with E-state index >= 15 is 0 Å². The minimum absolute atomic E-state index is 0.281. The third-order valence-corrected chi connectivity index (χ3v) is 4.69. The minimum atomic E-state index is -0.281. The van der Waals surface area contributed by atoms with Gasteiger partial charge in [0.25, 0.3) is 0 Å². The van der Waals surface area contributed by atoms with Gasteiger partial charge in [-0.25, -0.2) is 4.39 Å². The van der Waals surface area contributed by atoms with Gasteiger partial charge in [0, 0.05) is 48.9 Å². The first kappa shape index (κ1) is 22.5. The first-order chi connectivity index (χ1) is 13.9. The van der Waals surface area contributed by atoms with Crippen LogP contribution in [-0.4, -0.2) is 33.4 Å². The van der Waals surface area contributed by atoms with E-state index in [2.05, 4.69) is 23.8 Å². The van der Waals surface area contributed by atoms with Crippen LogP contribution in [-0.2, 0) is 9.47 Å². The summed E-state index contributed by atoms with van der Waals surface area (Å²) >= 11 is 0. The lowest BCUT2D eigenvalue weighted by atomic mass is 9.96. The van der Waals surface area contributed by atoms with E-state index in [1.807, 2.05) is 13.0 Å². The lowest BCUT2D eigenvalue weighted by Gasteiger charge is -2.21. The number of hydrogen-bond donors (Lipinski definition) is 3. The molecule has 0 atom stereocenters. The highest BCUT2D eigenvalue weighted by Gasteiger charge is 2.15. The summed E-state index contributed by atoms with van der Waals surface area (Å²) in [6, 6.07) is 3.30. The molecule has 0 spiro atoms. The molecule has 156 valence electrons. The maximum Gasteiger partial charge on any atom is 0.128 e. The molecule has 0 amide bonds. The van der Waals surface area contributed by atoms with Crippen LogP contribution in [0.15, 0.2) is 66.2 Å². The Labute approximate surface area is 172 Å². The van der Waals surface area contributed by atoms with Gasteiger partial charge in [-0.1, -0.05) is 19.2 Å². The molecular weight excluding hydrogens is 369 g/mol. The number of rotatable bonds is 6. The second-order valence-corrected chi connectivity index (χ2v) is 6.80. The SMILES string of the molecule is C=CCOC1=C(\COC)C(=C)NC/C(C)=C(\CN)c2cc(C)c(F)cc2N\C=C\1. The van der Waals surface area contributed by atoms with Crippen LogP contribution in [0.5, 0.6) is 0 Å². The van der Waals surface area contributed by atoms with E-state index in [0.29, 0.717) is 49.0 Å². The molecule has 1 aromatic rings. The minimum Gasteiger partial charge on any atom is -0.489 e. The van der Waals surface area contributed by atoms with E-state index in [0.717, 1.165) is 22.3 Å². The Hall–Kier alpha value is -2.83. The first-order valence-electron chi connectivity index (χ1n) is 9.44. The van der Waals surface area contributed by atoms with Gasteiger partial charge >= 0.3 is 0 Å². The molecule has 2 rings (SSSR count). The van der Waals surface area contributed by atoms with Gasteiger partial charge in [0.1, 0.15) is 18.2 Å². The van der Waals surface area contributed by atoms with Crippen molar-refractivity contribution in [3.8, 4) is 0 Å². The van der Waals surface area contributed by atoms with E-state index < -0.39 is 0 Å². The zero-order valence-corrected chi connectivity index (χ0v) is 17.4. The molecule has 1 heterocycles. The lowest BCUT2D eigenvalue weighted by Crippen LogP contribution is -2.21. The van der Waals surface area contributed by atoms with Crippen LogP contribution in [0.1, 0.15) is 18.1 Å². The number of nitrogens with one attached hydrogen (secondary N) is 2. The fourth-order valence-corrected chi connectivity index (χ4v) is 3.06. The van der Waals surface area contributed by atoms with Crippen molar-refractivity contribution in [2.45, 2.75) is 13.8 Å². The summed E-state index contributed by atoms with van der Waals surface area (Å²) in [6.45, 7) is 13.1. The van der Waals surface area contributed by atoms with Gasteiger partial charge in [-0.05, 0) is 48.8 Å². The summed E-state index contributed by atoms with van der Waals surface area (Å²) < 4.78 is 25.4. The topological polar surface area (TPSA) is 68.5 Å². The Morgan fingerprint density at radius 2 is 2.03 bits per heavy atom. The maximum absolute atomic E-state index is 14.3. The molecule has 6 heteroatoms. The molecular formula is C23H30FN3O2. The monoisotopic (exact) mass is 399 g/mol. The summed E-state index contributed by atoms with van der Waals surface area (Å²) in [5.41, 5.74) is 11.6. The second-order valence-electron chi connectivity index (χ2n) is 6.80. The molecule has 5 nitrogen and oxygen atoms in total. The van der Waals surface area contributed by atoms with Crippen LogP contribution in [0.4, 0.5) is 10.1 Å². The second kappa shape index (κ2) is 10.6. The molecule has 0 bridgehead atoms. The Bertz CT molecular complexity index is 869. The van der Waals surface area contributed by atoms with Gasteiger partial charge in [-0.2, -0.15) is 0 Å².